The minimum atomic E-state index is -4.19. The number of nitrogens with one attached hydrogen (secondary N) is 1. The summed E-state index contributed by atoms with van der Waals surface area (Å²) in [4.78, 5) is 27.4. The normalized spacial score (nSPS) is 11.9. The van der Waals surface area contributed by atoms with E-state index in [4.69, 9.17) is 4.74 Å². The van der Waals surface area contributed by atoms with Gasteiger partial charge in [0, 0.05) is 13.6 Å². The fraction of sp³-hybridized carbons (Fsp3) is 0.231. The van der Waals surface area contributed by atoms with Crippen LogP contribution in [0.15, 0.2) is 83.8 Å². The van der Waals surface area contributed by atoms with Crippen LogP contribution in [0.3, 0.4) is 0 Å². The smallest absolute Gasteiger partial charge is 0.264 e. The summed E-state index contributed by atoms with van der Waals surface area (Å²) < 4.78 is 47.2. The van der Waals surface area contributed by atoms with Crippen LogP contribution in [0.25, 0.3) is 0 Å². The molecule has 3 rings (SSSR count). The van der Waals surface area contributed by atoms with Gasteiger partial charge in [-0.25, -0.2) is 12.8 Å². The molecule has 1 N–H and O–H groups in total. The molecule has 0 fully saturated rings. The average molecular weight is 514 g/mol. The third kappa shape index (κ3) is 6.01. The average Bonchev–Trinajstić information content (AvgIpc) is 2.90. The molecule has 0 aromatic heterocycles. The van der Waals surface area contributed by atoms with Crippen molar-refractivity contribution in [3.05, 3.63) is 90.2 Å². The summed E-state index contributed by atoms with van der Waals surface area (Å²) in [5.74, 6) is -1.23. The summed E-state index contributed by atoms with van der Waals surface area (Å²) >= 11 is 0. The largest absolute Gasteiger partial charge is 0.495 e. The first-order valence-corrected chi connectivity index (χ1v) is 12.6. The molecule has 36 heavy (non-hydrogen) atoms. The van der Waals surface area contributed by atoms with Crippen LogP contribution < -0.4 is 14.4 Å². The van der Waals surface area contributed by atoms with Crippen molar-refractivity contribution in [1.29, 1.82) is 0 Å². The van der Waals surface area contributed by atoms with Crippen molar-refractivity contribution in [1.82, 2.24) is 10.2 Å². The van der Waals surface area contributed by atoms with E-state index in [0.717, 1.165) is 4.31 Å². The molecule has 0 spiro atoms. The van der Waals surface area contributed by atoms with Crippen LogP contribution in [-0.2, 0) is 26.2 Å². The fourth-order valence-electron chi connectivity index (χ4n) is 3.65. The topological polar surface area (TPSA) is 96.0 Å². The molecule has 10 heteroatoms. The second-order valence-corrected chi connectivity index (χ2v) is 9.80. The number of amides is 2. The van der Waals surface area contributed by atoms with Gasteiger partial charge in [0.05, 0.1) is 17.7 Å². The van der Waals surface area contributed by atoms with E-state index in [9.17, 15) is 22.4 Å². The number of sulfonamides is 1. The van der Waals surface area contributed by atoms with Gasteiger partial charge in [-0.3, -0.25) is 13.9 Å². The highest BCUT2D eigenvalue weighted by Crippen LogP contribution is 2.32. The predicted octanol–water partition coefficient (Wildman–Crippen LogP) is 3.19. The number of nitrogens with zero attached hydrogens (tertiary/aromatic N) is 2. The molecule has 8 nitrogen and oxygen atoms in total. The molecule has 3 aromatic rings. The second-order valence-electron chi connectivity index (χ2n) is 7.93. The zero-order valence-electron chi connectivity index (χ0n) is 20.2. The highest BCUT2D eigenvalue weighted by Gasteiger charge is 2.33. The van der Waals surface area contributed by atoms with E-state index in [2.05, 4.69) is 5.32 Å². The van der Waals surface area contributed by atoms with E-state index in [-0.39, 0.29) is 22.9 Å². The Kier molecular flexibility index (Phi) is 8.65. The molecule has 0 aliphatic carbocycles. The number of methoxy groups -OCH3 is 1. The molecule has 3 aromatic carbocycles. The SMILES string of the molecule is CNC(=O)[C@H](C)N(Cc1ccc(F)cc1)C(=O)CN(c1ccccc1OC)S(=O)(=O)c1ccccc1. The van der Waals surface area contributed by atoms with E-state index < -0.39 is 40.2 Å². The third-order valence-corrected chi connectivity index (χ3v) is 7.42. The molecule has 2 amide bonds. The van der Waals surface area contributed by atoms with E-state index in [1.807, 2.05) is 0 Å². The number of carbonyl (C=O) groups is 2. The van der Waals surface area contributed by atoms with Gasteiger partial charge in [-0.1, -0.05) is 42.5 Å². The number of likely N-dealkylation sites (N-methyl/N-ethyl adjacent to an activating group) is 1. The zero-order valence-corrected chi connectivity index (χ0v) is 21.0. The second kappa shape index (κ2) is 11.7. The van der Waals surface area contributed by atoms with Crippen LogP contribution in [0.1, 0.15) is 12.5 Å². The number of halogens is 1. The number of para-hydroxylation sites is 2. The minimum absolute atomic E-state index is 0.00635. The van der Waals surface area contributed by atoms with Gasteiger partial charge in [0.15, 0.2) is 0 Å². The monoisotopic (exact) mass is 513 g/mol. The first-order chi connectivity index (χ1) is 17.2. The lowest BCUT2D eigenvalue weighted by molar-refractivity contribution is -0.139. The summed E-state index contributed by atoms with van der Waals surface area (Å²) in [6.45, 7) is 0.915. The summed E-state index contributed by atoms with van der Waals surface area (Å²) in [5.41, 5.74) is 0.752. The summed E-state index contributed by atoms with van der Waals surface area (Å²) in [7, 11) is -1.34. The summed E-state index contributed by atoms with van der Waals surface area (Å²) in [5, 5.41) is 2.51. The Hall–Kier alpha value is -3.92. The Morgan fingerprint density at radius 3 is 2.19 bits per heavy atom. The maximum absolute atomic E-state index is 13.7. The predicted molar refractivity (Wildman–Crippen MR) is 134 cm³/mol. The van der Waals surface area contributed by atoms with Gasteiger partial charge in [0.1, 0.15) is 24.2 Å². The van der Waals surface area contributed by atoms with Crippen LogP contribution in [0.4, 0.5) is 10.1 Å². The molecule has 0 bridgehead atoms. The van der Waals surface area contributed by atoms with Crippen LogP contribution in [-0.4, -0.2) is 51.9 Å². The highest BCUT2D eigenvalue weighted by atomic mass is 32.2. The van der Waals surface area contributed by atoms with Crippen molar-refractivity contribution in [3.63, 3.8) is 0 Å². The number of hydrogen-bond donors (Lipinski definition) is 1. The maximum Gasteiger partial charge on any atom is 0.264 e. The zero-order chi connectivity index (χ0) is 26.3. The van der Waals surface area contributed by atoms with E-state index in [0.29, 0.717) is 5.56 Å². The minimum Gasteiger partial charge on any atom is -0.495 e. The van der Waals surface area contributed by atoms with Crippen LogP contribution >= 0.6 is 0 Å². The van der Waals surface area contributed by atoms with Gasteiger partial charge in [-0.15, -0.1) is 0 Å². The lowest BCUT2D eigenvalue weighted by Crippen LogP contribution is -2.50. The van der Waals surface area contributed by atoms with Crippen molar-refractivity contribution < 1.29 is 27.1 Å². The van der Waals surface area contributed by atoms with Crippen molar-refractivity contribution in [2.24, 2.45) is 0 Å². The lowest BCUT2D eigenvalue weighted by atomic mass is 10.1. The molecular weight excluding hydrogens is 485 g/mol. The third-order valence-electron chi connectivity index (χ3n) is 5.64. The first-order valence-electron chi connectivity index (χ1n) is 11.2. The van der Waals surface area contributed by atoms with Gasteiger partial charge in [-0.05, 0) is 48.9 Å². The van der Waals surface area contributed by atoms with Gasteiger partial charge < -0.3 is 15.0 Å². The molecule has 1 atom stereocenters. The van der Waals surface area contributed by atoms with Gasteiger partial charge in [0.2, 0.25) is 11.8 Å². The van der Waals surface area contributed by atoms with Crippen molar-refractivity contribution in [3.8, 4) is 5.75 Å². The standard InChI is InChI=1S/C26H28FN3O5S/c1-19(26(32)28-2)29(17-20-13-15-21(27)16-14-20)25(31)18-30(23-11-7-8-12-24(23)35-3)36(33,34)22-9-5-4-6-10-22/h4-16,19H,17-18H2,1-3H3,(H,28,32)/t19-/m0/s1. The Bertz CT molecular complexity index is 1300. The number of anilines is 1. The Morgan fingerprint density at radius 2 is 1.58 bits per heavy atom. The Morgan fingerprint density at radius 1 is 0.972 bits per heavy atom. The van der Waals surface area contributed by atoms with E-state index in [1.165, 1.54) is 55.5 Å². The van der Waals surface area contributed by atoms with Gasteiger partial charge >= 0.3 is 0 Å². The molecule has 0 saturated carbocycles. The Balaban J connectivity index is 2.05. The van der Waals surface area contributed by atoms with Crippen molar-refractivity contribution in [2.75, 3.05) is 25.0 Å². The molecule has 0 aliphatic rings. The maximum atomic E-state index is 13.7. The van der Waals surface area contributed by atoms with Crippen molar-refractivity contribution in [2.45, 2.75) is 24.4 Å². The van der Waals surface area contributed by atoms with Crippen LogP contribution in [0.5, 0.6) is 5.75 Å². The first kappa shape index (κ1) is 26.7. The highest BCUT2D eigenvalue weighted by molar-refractivity contribution is 7.92. The van der Waals surface area contributed by atoms with E-state index >= 15 is 0 Å². The summed E-state index contributed by atoms with van der Waals surface area (Å²) in [6.07, 6.45) is 0. The molecular formula is C26H28FN3O5S. The molecule has 0 heterocycles. The van der Waals surface area contributed by atoms with Gasteiger partial charge in [-0.2, -0.15) is 0 Å². The van der Waals surface area contributed by atoms with Crippen LogP contribution in [0, 0.1) is 5.82 Å². The van der Waals surface area contributed by atoms with Crippen molar-refractivity contribution >= 4 is 27.5 Å². The quantitative estimate of drug-likeness (QED) is 0.449. The lowest BCUT2D eigenvalue weighted by Gasteiger charge is -2.32. The number of rotatable bonds is 10. The molecule has 0 unspecified atom stereocenters. The molecule has 0 aliphatic heterocycles. The number of ether oxygens (including phenoxy) is 1. The Labute approximate surface area is 210 Å². The molecule has 0 saturated heterocycles. The molecule has 0 radical (unpaired) electrons. The van der Waals surface area contributed by atoms with Gasteiger partial charge in [0.25, 0.3) is 10.0 Å². The fourth-order valence-corrected chi connectivity index (χ4v) is 5.09. The molecule has 190 valence electrons. The summed E-state index contributed by atoms with van der Waals surface area (Å²) in [6, 6.07) is 18.8. The number of hydrogen-bond acceptors (Lipinski definition) is 5. The van der Waals surface area contributed by atoms with Crippen LogP contribution in [0.2, 0.25) is 0 Å². The number of benzene rings is 3. The van der Waals surface area contributed by atoms with E-state index in [1.54, 1.807) is 49.4 Å². The number of carbonyl (C=O) groups excluding carboxylic acids is 2.